The molecule has 0 radical (unpaired) electrons. The predicted molar refractivity (Wildman–Crippen MR) is 67.6 cm³/mol. The van der Waals surface area contributed by atoms with Crippen LogP contribution in [0, 0.1) is 6.92 Å². The summed E-state index contributed by atoms with van der Waals surface area (Å²) in [6.07, 6.45) is 2.43. The molecule has 1 heterocycles. The number of methoxy groups -OCH3 is 1. The lowest BCUT2D eigenvalue weighted by atomic mass is 9.90. The lowest BCUT2D eigenvalue weighted by Gasteiger charge is -2.25. The Morgan fingerprint density at radius 1 is 1.44 bits per heavy atom. The van der Waals surface area contributed by atoms with Crippen molar-refractivity contribution in [2.45, 2.75) is 25.7 Å². The van der Waals surface area contributed by atoms with Crippen molar-refractivity contribution in [1.29, 1.82) is 0 Å². The first-order valence-electron chi connectivity index (χ1n) is 5.77. The normalized spacial score (nSPS) is 20.8. The van der Waals surface area contributed by atoms with Crippen molar-refractivity contribution >= 4 is 11.6 Å². The minimum atomic E-state index is 0.523. The molecular formula is C13H18ClNO. The van der Waals surface area contributed by atoms with E-state index in [9.17, 15) is 0 Å². The average Bonchev–Trinajstić information content (AvgIpc) is 2.33. The summed E-state index contributed by atoms with van der Waals surface area (Å²) >= 11 is 6.36. The van der Waals surface area contributed by atoms with Gasteiger partial charge in [-0.15, -0.1) is 0 Å². The van der Waals surface area contributed by atoms with Crippen LogP contribution in [0.2, 0.25) is 5.02 Å². The van der Waals surface area contributed by atoms with Gasteiger partial charge in [0.1, 0.15) is 5.75 Å². The van der Waals surface area contributed by atoms with Crippen molar-refractivity contribution < 1.29 is 4.74 Å². The number of rotatable bonds is 2. The number of hydrogen-bond acceptors (Lipinski definition) is 2. The molecule has 88 valence electrons. The molecule has 1 aromatic rings. The molecule has 1 aliphatic rings. The first-order chi connectivity index (χ1) is 7.72. The maximum atomic E-state index is 6.36. The molecule has 0 aromatic heterocycles. The second kappa shape index (κ2) is 5.07. The fourth-order valence-electron chi connectivity index (χ4n) is 2.33. The lowest BCUT2D eigenvalue weighted by Crippen LogP contribution is -2.28. The molecule has 1 N–H and O–H groups in total. The highest BCUT2D eigenvalue weighted by Crippen LogP contribution is 2.36. The van der Waals surface area contributed by atoms with Crippen LogP contribution in [0.15, 0.2) is 12.1 Å². The van der Waals surface area contributed by atoms with Gasteiger partial charge in [-0.3, -0.25) is 0 Å². The predicted octanol–water partition coefficient (Wildman–Crippen LogP) is 3.12. The summed E-state index contributed by atoms with van der Waals surface area (Å²) < 4.78 is 5.30. The topological polar surface area (TPSA) is 21.3 Å². The largest absolute Gasteiger partial charge is 0.495 e. The fraction of sp³-hybridized carbons (Fsp3) is 0.538. The lowest BCUT2D eigenvalue weighted by molar-refractivity contribution is 0.411. The number of aryl methyl sites for hydroxylation is 1. The Morgan fingerprint density at radius 2 is 2.25 bits per heavy atom. The van der Waals surface area contributed by atoms with Crippen molar-refractivity contribution in [3.05, 3.63) is 28.3 Å². The number of piperidine rings is 1. The zero-order valence-corrected chi connectivity index (χ0v) is 10.6. The molecule has 0 aliphatic carbocycles. The van der Waals surface area contributed by atoms with Crippen LogP contribution < -0.4 is 10.1 Å². The first kappa shape index (κ1) is 11.7. The van der Waals surface area contributed by atoms with Gasteiger partial charge in [-0.1, -0.05) is 17.7 Å². The third-order valence-electron chi connectivity index (χ3n) is 3.17. The number of nitrogens with one attached hydrogen (secondary N) is 1. The van der Waals surface area contributed by atoms with E-state index >= 15 is 0 Å². The number of hydrogen-bond donors (Lipinski definition) is 1. The van der Waals surface area contributed by atoms with Crippen LogP contribution in [0.1, 0.15) is 29.9 Å². The third-order valence-corrected chi connectivity index (χ3v) is 3.57. The van der Waals surface area contributed by atoms with Gasteiger partial charge < -0.3 is 10.1 Å². The van der Waals surface area contributed by atoms with Gasteiger partial charge >= 0.3 is 0 Å². The van der Waals surface area contributed by atoms with E-state index < -0.39 is 0 Å². The van der Waals surface area contributed by atoms with Crippen LogP contribution in [-0.4, -0.2) is 20.2 Å². The maximum Gasteiger partial charge on any atom is 0.138 e. The monoisotopic (exact) mass is 239 g/mol. The molecule has 0 bridgehead atoms. The minimum Gasteiger partial charge on any atom is -0.495 e. The fourth-order valence-corrected chi connectivity index (χ4v) is 2.67. The van der Waals surface area contributed by atoms with Crippen LogP contribution in [0.5, 0.6) is 5.75 Å². The van der Waals surface area contributed by atoms with E-state index in [0.717, 1.165) is 23.9 Å². The maximum absolute atomic E-state index is 6.36. The quantitative estimate of drug-likeness (QED) is 0.856. The minimum absolute atomic E-state index is 0.523. The van der Waals surface area contributed by atoms with Gasteiger partial charge in [0.25, 0.3) is 0 Å². The van der Waals surface area contributed by atoms with Gasteiger partial charge in [-0.25, -0.2) is 0 Å². The highest BCUT2D eigenvalue weighted by molar-refractivity contribution is 6.33. The van der Waals surface area contributed by atoms with Crippen LogP contribution in [0.25, 0.3) is 0 Å². The summed E-state index contributed by atoms with van der Waals surface area (Å²) in [7, 11) is 1.67. The Hall–Kier alpha value is -0.730. The Labute approximate surface area is 102 Å². The summed E-state index contributed by atoms with van der Waals surface area (Å²) in [4.78, 5) is 0. The summed E-state index contributed by atoms with van der Waals surface area (Å²) in [5, 5.41) is 4.20. The van der Waals surface area contributed by atoms with Crippen molar-refractivity contribution in [2.75, 3.05) is 20.2 Å². The Morgan fingerprint density at radius 3 is 2.88 bits per heavy atom. The van der Waals surface area contributed by atoms with Crippen molar-refractivity contribution in [3.8, 4) is 5.75 Å². The van der Waals surface area contributed by atoms with Gasteiger partial charge in [-0.2, -0.15) is 0 Å². The molecule has 3 heteroatoms. The number of benzene rings is 1. The summed E-state index contributed by atoms with van der Waals surface area (Å²) in [5.41, 5.74) is 2.44. The van der Waals surface area contributed by atoms with Gasteiger partial charge in [0.2, 0.25) is 0 Å². The van der Waals surface area contributed by atoms with Crippen LogP contribution in [0.3, 0.4) is 0 Å². The van der Waals surface area contributed by atoms with E-state index in [4.69, 9.17) is 16.3 Å². The van der Waals surface area contributed by atoms with Crippen LogP contribution in [0.4, 0.5) is 0 Å². The molecule has 2 rings (SSSR count). The highest BCUT2D eigenvalue weighted by Gasteiger charge is 2.20. The highest BCUT2D eigenvalue weighted by atomic mass is 35.5. The van der Waals surface area contributed by atoms with E-state index in [2.05, 4.69) is 18.3 Å². The molecular weight excluding hydrogens is 222 g/mol. The molecule has 1 aliphatic heterocycles. The molecule has 1 fully saturated rings. The standard InChI is InChI=1S/C13H18ClNO/c1-9-6-11(10-4-3-5-15-8-10)13(14)12(7-9)16-2/h6-7,10,15H,3-5,8H2,1-2H3. The molecule has 1 saturated heterocycles. The van der Waals surface area contributed by atoms with Crippen molar-refractivity contribution in [3.63, 3.8) is 0 Å². The first-order valence-corrected chi connectivity index (χ1v) is 6.15. The van der Waals surface area contributed by atoms with Crippen molar-refractivity contribution in [1.82, 2.24) is 5.32 Å². The van der Waals surface area contributed by atoms with E-state index in [1.807, 2.05) is 6.07 Å². The third kappa shape index (κ3) is 2.33. The van der Waals surface area contributed by atoms with Gasteiger partial charge in [0, 0.05) is 6.54 Å². The van der Waals surface area contributed by atoms with E-state index in [-0.39, 0.29) is 0 Å². The molecule has 0 spiro atoms. The van der Waals surface area contributed by atoms with Crippen LogP contribution in [-0.2, 0) is 0 Å². The molecule has 2 nitrogen and oxygen atoms in total. The smallest absolute Gasteiger partial charge is 0.138 e. The van der Waals surface area contributed by atoms with Gasteiger partial charge in [0.05, 0.1) is 12.1 Å². The van der Waals surface area contributed by atoms with E-state index in [1.54, 1.807) is 7.11 Å². The summed E-state index contributed by atoms with van der Waals surface area (Å²) in [6.45, 7) is 4.22. The SMILES string of the molecule is COc1cc(C)cc(C2CCCNC2)c1Cl. The molecule has 1 aromatic carbocycles. The van der Waals surface area contributed by atoms with E-state index in [0.29, 0.717) is 5.92 Å². The molecule has 1 unspecified atom stereocenters. The zero-order chi connectivity index (χ0) is 11.5. The number of halogens is 1. The average molecular weight is 240 g/mol. The molecule has 0 saturated carbocycles. The Balaban J connectivity index is 2.34. The summed E-state index contributed by atoms with van der Waals surface area (Å²) in [5.74, 6) is 1.32. The molecule has 16 heavy (non-hydrogen) atoms. The zero-order valence-electron chi connectivity index (χ0n) is 9.85. The van der Waals surface area contributed by atoms with Crippen LogP contribution >= 0.6 is 11.6 Å². The van der Waals surface area contributed by atoms with E-state index in [1.165, 1.54) is 24.0 Å². The second-order valence-electron chi connectivity index (χ2n) is 4.41. The second-order valence-corrected chi connectivity index (χ2v) is 4.79. The number of ether oxygens (including phenoxy) is 1. The molecule has 1 atom stereocenters. The van der Waals surface area contributed by atoms with Crippen molar-refractivity contribution in [2.24, 2.45) is 0 Å². The molecule has 0 amide bonds. The Kier molecular flexibility index (Phi) is 3.72. The van der Waals surface area contributed by atoms with Gasteiger partial charge in [-0.05, 0) is 49.4 Å². The Bertz CT molecular complexity index is 372. The summed E-state index contributed by atoms with van der Waals surface area (Å²) in [6, 6.07) is 4.17. The van der Waals surface area contributed by atoms with Gasteiger partial charge in [0.15, 0.2) is 0 Å².